The summed E-state index contributed by atoms with van der Waals surface area (Å²) in [7, 11) is 1.60. The molecule has 2 heterocycles. The number of oxazole rings is 1. The summed E-state index contributed by atoms with van der Waals surface area (Å²) in [5.41, 5.74) is 2.25. The zero-order chi connectivity index (χ0) is 14.1. The lowest BCUT2D eigenvalue weighted by molar-refractivity contribution is 0.0992. The van der Waals surface area contributed by atoms with Crippen molar-refractivity contribution in [2.24, 2.45) is 7.05 Å². The van der Waals surface area contributed by atoms with E-state index in [0.717, 1.165) is 0 Å². The Morgan fingerprint density at radius 3 is 2.95 bits per heavy atom. The van der Waals surface area contributed by atoms with Crippen LogP contribution in [0.4, 0.5) is 0 Å². The van der Waals surface area contributed by atoms with Gasteiger partial charge in [-0.3, -0.25) is 9.36 Å². The second-order valence-corrected chi connectivity index (χ2v) is 4.41. The normalized spacial score (nSPS) is 10.8. The molecule has 0 bridgehead atoms. The van der Waals surface area contributed by atoms with Crippen LogP contribution in [0.3, 0.4) is 0 Å². The molecule has 3 aromatic rings. The maximum Gasteiger partial charge on any atom is 0.419 e. The molecule has 0 saturated carbocycles. The first-order valence-corrected chi connectivity index (χ1v) is 6.03. The van der Waals surface area contributed by atoms with Gasteiger partial charge in [-0.2, -0.15) is 0 Å². The number of carbonyl (C=O) groups is 1. The first-order valence-electron chi connectivity index (χ1n) is 6.03. The Balaban J connectivity index is 1.96. The van der Waals surface area contributed by atoms with E-state index in [1.165, 1.54) is 10.9 Å². The van der Waals surface area contributed by atoms with Crippen LogP contribution in [-0.2, 0) is 13.5 Å². The highest BCUT2D eigenvalue weighted by molar-refractivity contribution is 5.99. The molecule has 0 aliphatic rings. The van der Waals surface area contributed by atoms with E-state index >= 15 is 0 Å². The van der Waals surface area contributed by atoms with Gasteiger partial charge in [-0.25, -0.2) is 14.8 Å². The highest BCUT2D eigenvalue weighted by Crippen LogP contribution is 2.15. The van der Waals surface area contributed by atoms with Crippen LogP contribution in [0.25, 0.3) is 11.1 Å². The first-order chi connectivity index (χ1) is 9.65. The Morgan fingerprint density at radius 1 is 1.35 bits per heavy atom. The topological polar surface area (TPSA) is 78.0 Å². The predicted molar refractivity (Wildman–Crippen MR) is 71.5 cm³/mol. The Morgan fingerprint density at radius 2 is 2.20 bits per heavy atom. The average Bonchev–Trinajstić information content (AvgIpc) is 2.75. The summed E-state index contributed by atoms with van der Waals surface area (Å²) in [6, 6.07) is 6.63. The van der Waals surface area contributed by atoms with E-state index in [1.807, 2.05) is 0 Å². The van der Waals surface area contributed by atoms with Gasteiger partial charge in [0.2, 0.25) is 0 Å². The molecule has 0 aliphatic heterocycles. The number of hydrogen-bond acceptors (Lipinski definition) is 5. The summed E-state index contributed by atoms with van der Waals surface area (Å²) in [5, 5.41) is 0. The molecular weight excluding hydrogens is 258 g/mol. The molecular formula is C14H11N3O3. The molecule has 0 atom stereocenters. The second-order valence-electron chi connectivity index (χ2n) is 4.41. The summed E-state index contributed by atoms with van der Waals surface area (Å²) in [6.07, 6.45) is 3.20. The van der Waals surface area contributed by atoms with Crippen molar-refractivity contribution >= 4 is 16.9 Å². The molecule has 6 heteroatoms. The number of ketones is 1. The molecule has 2 aromatic heterocycles. The molecule has 1 aromatic carbocycles. The lowest BCUT2D eigenvalue weighted by Gasteiger charge is -2.01. The number of hydrogen-bond donors (Lipinski definition) is 0. The fraction of sp³-hybridized carbons (Fsp3) is 0.143. The van der Waals surface area contributed by atoms with Gasteiger partial charge < -0.3 is 4.42 Å². The van der Waals surface area contributed by atoms with Gasteiger partial charge in [0.25, 0.3) is 0 Å². The summed E-state index contributed by atoms with van der Waals surface area (Å²) < 4.78 is 6.40. The van der Waals surface area contributed by atoms with E-state index in [-0.39, 0.29) is 12.2 Å². The monoisotopic (exact) mass is 269 g/mol. The Hall–Kier alpha value is -2.76. The summed E-state index contributed by atoms with van der Waals surface area (Å²) in [4.78, 5) is 31.4. The first kappa shape index (κ1) is 12.3. The SMILES string of the molecule is Cn1c(=O)oc2ccc(C(=O)Cc3ccncn3)cc21. The van der Waals surface area contributed by atoms with Crippen LogP contribution >= 0.6 is 0 Å². The molecule has 0 spiro atoms. The van der Waals surface area contributed by atoms with Gasteiger partial charge in [0.05, 0.1) is 17.6 Å². The number of benzene rings is 1. The smallest absolute Gasteiger partial charge is 0.408 e. The summed E-state index contributed by atoms with van der Waals surface area (Å²) >= 11 is 0. The molecule has 0 fully saturated rings. The Bertz CT molecular complexity index is 834. The van der Waals surface area contributed by atoms with Gasteiger partial charge in [-0.15, -0.1) is 0 Å². The average molecular weight is 269 g/mol. The fourth-order valence-electron chi connectivity index (χ4n) is 1.99. The fourth-order valence-corrected chi connectivity index (χ4v) is 1.99. The number of aryl methyl sites for hydroxylation is 1. The maximum absolute atomic E-state index is 12.2. The minimum Gasteiger partial charge on any atom is -0.408 e. The van der Waals surface area contributed by atoms with E-state index in [2.05, 4.69) is 9.97 Å². The number of rotatable bonds is 3. The molecule has 0 N–H and O–H groups in total. The van der Waals surface area contributed by atoms with Crippen molar-refractivity contribution in [3.63, 3.8) is 0 Å². The molecule has 20 heavy (non-hydrogen) atoms. The Kier molecular flexibility index (Phi) is 2.90. The highest BCUT2D eigenvalue weighted by atomic mass is 16.4. The van der Waals surface area contributed by atoms with Gasteiger partial charge in [0.15, 0.2) is 11.4 Å². The minimum atomic E-state index is -0.444. The molecule has 0 unspecified atom stereocenters. The molecule has 3 rings (SSSR count). The largest absolute Gasteiger partial charge is 0.419 e. The third-order valence-electron chi connectivity index (χ3n) is 3.10. The van der Waals surface area contributed by atoms with Crippen molar-refractivity contribution in [1.82, 2.24) is 14.5 Å². The zero-order valence-electron chi connectivity index (χ0n) is 10.7. The number of carbonyl (C=O) groups excluding carboxylic acids is 1. The molecule has 100 valence electrons. The van der Waals surface area contributed by atoms with Gasteiger partial charge in [0.1, 0.15) is 6.33 Å². The van der Waals surface area contributed by atoms with Gasteiger partial charge >= 0.3 is 5.76 Å². The van der Waals surface area contributed by atoms with Crippen LogP contribution < -0.4 is 5.76 Å². The number of fused-ring (bicyclic) bond motifs is 1. The highest BCUT2D eigenvalue weighted by Gasteiger charge is 2.12. The van der Waals surface area contributed by atoms with Crippen molar-refractivity contribution in [3.05, 3.63) is 58.6 Å². The van der Waals surface area contributed by atoms with Crippen molar-refractivity contribution in [2.75, 3.05) is 0 Å². The third kappa shape index (κ3) is 2.11. The molecule has 6 nitrogen and oxygen atoms in total. The van der Waals surface area contributed by atoms with Crippen molar-refractivity contribution in [2.45, 2.75) is 6.42 Å². The minimum absolute atomic E-state index is 0.0701. The molecule has 0 saturated heterocycles. The van der Waals surface area contributed by atoms with E-state index in [0.29, 0.717) is 22.4 Å². The molecule has 0 aliphatic carbocycles. The van der Waals surface area contributed by atoms with Crippen LogP contribution in [0.1, 0.15) is 16.1 Å². The van der Waals surface area contributed by atoms with E-state index in [1.54, 1.807) is 37.5 Å². The van der Waals surface area contributed by atoms with Gasteiger partial charge in [-0.05, 0) is 24.3 Å². The van der Waals surface area contributed by atoms with Gasteiger partial charge in [0, 0.05) is 18.8 Å². The standard InChI is InChI=1S/C14H11N3O3/c1-17-11-6-9(2-3-13(11)20-14(17)19)12(18)7-10-4-5-15-8-16-10/h2-6,8H,7H2,1H3. The van der Waals surface area contributed by atoms with E-state index in [9.17, 15) is 9.59 Å². The van der Waals surface area contributed by atoms with Crippen LogP contribution in [0.2, 0.25) is 0 Å². The second kappa shape index (κ2) is 4.73. The van der Waals surface area contributed by atoms with Crippen LogP contribution in [0.5, 0.6) is 0 Å². The van der Waals surface area contributed by atoms with Crippen LogP contribution in [0.15, 0.2) is 46.0 Å². The lowest BCUT2D eigenvalue weighted by Crippen LogP contribution is -2.09. The van der Waals surface area contributed by atoms with Crippen molar-refractivity contribution in [1.29, 1.82) is 0 Å². The lowest BCUT2D eigenvalue weighted by atomic mass is 10.1. The Labute approximate surface area is 113 Å². The van der Waals surface area contributed by atoms with E-state index in [4.69, 9.17) is 4.42 Å². The van der Waals surface area contributed by atoms with Gasteiger partial charge in [-0.1, -0.05) is 0 Å². The predicted octanol–water partition coefficient (Wildman–Crippen LogP) is 1.35. The summed E-state index contributed by atoms with van der Waals surface area (Å²) in [6.45, 7) is 0. The maximum atomic E-state index is 12.2. The molecule has 0 amide bonds. The van der Waals surface area contributed by atoms with Crippen molar-refractivity contribution < 1.29 is 9.21 Å². The van der Waals surface area contributed by atoms with Crippen molar-refractivity contribution in [3.8, 4) is 0 Å². The van der Waals surface area contributed by atoms with E-state index < -0.39 is 5.76 Å². The third-order valence-corrected chi connectivity index (χ3v) is 3.10. The summed E-state index contributed by atoms with van der Waals surface area (Å²) in [5.74, 6) is -0.514. The molecule has 0 radical (unpaired) electrons. The number of Topliss-reactive ketones (excluding diaryl/α,β-unsaturated/α-hetero) is 1. The van der Waals surface area contributed by atoms with Crippen LogP contribution in [-0.4, -0.2) is 20.3 Å². The zero-order valence-corrected chi connectivity index (χ0v) is 10.7. The number of nitrogens with zero attached hydrogens (tertiary/aromatic N) is 3. The quantitative estimate of drug-likeness (QED) is 0.670. The van der Waals surface area contributed by atoms with Crippen LogP contribution in [0, 0.1) is 0 Å². The number of aromatic nitrogens is 3.